The summed E-state index contributed by atoms with van der Waals surface area (Å²) in [6.07, 6.45) is 5.94. The molecule has 264 valence electrons. The van der Waals surface area contributed by atoms with Crippen LogP contribution in [0.15, 0.2) is 36.4 Å². The molecule has 2 aliphatic carbocycles. The SMILES string of the molecule is CC(C)(C)OC(=O)N[C@H]1CCCCC/C=C\[C@H]2C[C@@]2(C(=O)NS(=O)(=O)C2CC2)NC(=O)[C@@H]2C[C@@H](OC(=O)c3ccc(C#N)cc3)CN2C1=O. The Morgan fingerprint density at radius 3 is 2.43 bits per heavy atom. The molecule has 1 aromatic rings. The zero-order valence-electron chi connectivity index (χ0n) is 27.9. The first-order valence-electron chi connectivity index (χ1n) is 16.7. The lowest BCUT2D eigenvalue weighted by atomic mass is 10.0. The second-order valence-corrected chi connectivity index (χ2v) is 16.1. The van der Waals surface area contributed by atoms with Crippen LogP contribution in [0.4, 0.5) is 4.79 Å². The third-order valence-corrected chi connectivity index (χ3v) is 10.9. The molecule has 0 spiro atoms. The van der Waals surface area contributed by atoms with Gasteiger partial charge in [0.15, 0.2) is 0 Å². The standard InChI is InChI=1S/C34H43N5O9S/c1-33(2,3)48-32(44)36-26-10-8-6-4-5-7-9-23-18-34(23,31(43)38-49(45,46)25-15-16-25)37-28(40)27-17-24(20-39(27)29(26)41)47-30(42)22-13-11-21(19-35)12-14-22/h7,9,11-14,23-27H,4-6,8,10,15-18,20H2,1-3H3,(H,36,44)(H,37,40)(H,38,43)/b9-7-/t23-,24+,26-,27-,34+/m0/s1. The maximum atomic E-state index is 14.2. The van der Waals surface area contributed by atoms with Crippen LogP contribution in [0.25, 0.3) is 0 Å². The number of carbonyl (C=O) groups excluding carboxylic acids is 5. The van der Waals surface area contributed by atoms with Crippen molar-refractivity contribution in [1.82, 2.24) is 20.3 Å². The van der Waals surface area contributed by atoms with E-state index in [4.69, 9.17) is 14.7 Å². The van der Waals surface area contributed by atoms with E-state index in [1.807, 2.05) is 18.2 Å². The van der Waals surface area contributed by atoms with Crippen molar-refractivity contribution in [3.05, 3.63) is 47.5 Å². The van der Waals surface area contributed by atoms with Crippen LogP contribution in [0.2, 0.25) is 0 Å². The Morgan fingerprint density at radius 2 is 1.78 bits per heavy atom. The summed E-state index contributed by atoms with van der Waals surface area (Å²) in [6, 6.07) is 5.51. The van der Waals surface area contributed by atoms with Gasteiger partial charge in [0, 0.05) is 12.3 Å². The van der Waals surface area contributed by atoms with Crippen LogP contribution in [0.5, 0.6) is 0 Å². The highest BCUT2D eigenvalue weighted by molar-refractivity contribution is 7.91. The number of nitriles is 1. The van der Waals surface area contributed by atoms with Crippen molar-refractivity contribution in [3.63, 3.8) is 0 Å². The van der Waals surface area contributed by atoms with Gasteiger partial charge in [-0.1, -0.05) is 25.0 Å². The van der Waals surface area contributed by atoms with Gasteiger partial charge in [0.2, 0.25) is 21.8 Å². The minimum Gasteiger partial charge on any atom is -0.457 e. The molecule has 4 amide bonds. The van der Waals surface area contributed by atoms with Crippen molar-refractivity contribution in [2.45, 2.75) is 113 Å². The molecule has 2 aliphatic heterocycles. The van der Waals surface area contributed by atoms with E-state index in [1.54, 1.807) is 20.8 Å². The van der Waals surface area contributed by atoms with Crippen molar-refractivity contribution in [3.8, 4) is 6.07 Å². The Hall–Kier alpha value is -4.45. The molecular weight excluding hydrogens is 654 g/mol. The third kappa shape index (κ3) is 8.78. The lowest BCUT2D eigenvalue weighted by Gasteiger charge is -2.30. The van der Waals surface area contributed by atoms with Crippen molar-refractivity contribution in [1.29, 1.82) is 5.26 Å². The fourth-order valence-corrected chi connectivity index (χ4v) is 7.56. The predicted octanol–water partition coefficient (Wildman–Crippen LogP) is 2.58. The normalized spacial score (nSPS) is 28.2. The number of fused-ring (bicyclic) bond motifs is 2. The number of carbonyl (C=O) groups is 5. The zero-order valence-corrected chi connectivity index (χ0v) is 28.7. The van der Waals surface area contributed by atoms with E-state index in [0.29, 0.717) is 31.2 Å². The highest BCUT2D eigenvalue weighted by Gasteiger charge is 2.62. The number of amides is 4. The van der Waals surface area contributed by atoms with Gasteiger partial charge in [-0.3, -0.25) is 19.1 Å². The van der Waals surface area contributed by atoms with E-state index >= 15 is 0 Å². The van der Waals surface area contributed by atoms with E-state index in [9.17, 15) is 32.4 Å². The summed E-state index contributed by atoms with van der Waals surface area (Å²) < 4.78 is 38.7. The maximum Gasteiger partial charge on any atom is 0.408 e. The smallest absolute Gasteiger partial charge is 0.408 e. The predicted molar refractivity (Wildman–Crippen MR) is 175 cm³/mol. The average molecular weight is 698 g/mol. The fraction of sp³-hybridized carbons (Fsp3) is 0.588. The second-order valence-electron chi connectivity index (χ2n) is 14.2. The zero-order chi connectivity index (χ0) is 35.6. The molecule has 14 nitrogen and oxygen atoms in total. The number of nitrogens with one attached hydrogen (secondary N) is 3. The summed E-state index contributed by atoms with van der Waals surface area (Å²) in [5.74, 6) is -3.32. The molecule has 1 saturated heterocycles. The van der Waals surface area contributed by atoms with Crippen molar-refractivity contribution in [2.75, 3.05) is 6.54 Å². The molecular formula is C34H43N5O9S. The van der Waals surface area contributed by atoms with Crippen LogP contribution >= 0.6 is 0 Å². The third-order valence-electron chi connectivity index (χ3n) is 9.06. The van der Waals surface area contributed by atoms with E-state index < -0.39 is 80.3 Å². The van der Waals surface area contributed by atoms with Gasteiger partial charge in [-0.25, -0.2) is 18.0 Å². The number of rotatable bonds is 6. The molecule has 5 rings (SSSR count). The molecule has 0 unspecified atom stereocenters. The van der Waals surface area contributed by atoms with Crippen LogP contribution < -0.4 is 15.4 Å². The summed E-state index contributed by atoms with van der Waals surface area (Å²) in [5, 5.41) is 13.9. The lowest BCUT2D eigenvalue weighted by molar-refractivity contribution is -0.141. The van der Waals surface area contributed by atoms with Gasteiger partial charge in [-0.15, -0.1) is 0 Å². The number of sulfonamides is 1. The number of nitrogens with zero attached hydrogens (tertiary/aromatic N) is 2. The van der Waals surface area contributed by atoms with Crippen molar-refractivity contribution < 1.29 is 41.9 Å². The van der Waals surface area contributed by atoms with Gasteiger partial charge in [-0.05, 0) is 83.6 Å². The molecule has 4 aliphatic rings. The quantitative estimate of drug-likeness (QED) is 0.293. The molecule has 15 heteroatoms. The summed E-state index contributed by atoms with van der Waals surface area (Å²) in [6.45, 7) is 4.90. The molecule has 0 bridgehead atoms. The van der Waals surface area contributed by atoms with E-state index in [-0.39, 0.29) is 31.4 Å². The number of allylic oxidation sites excluding steroid dienone is 1. The first-order chi connectivity index (χ1) is 23.1. The second kappa shape index (κ2) is 14.2. The van der Waals surface area contributed by atoms with E-state index in [0.717, 1.165) is 12.8 Å². The summed E-state index contributed by atoms with van der Waals surface area (Å²) in [4.78, 5) is 68.9. The minimum absolute atomic E-state index is 0.114. The van der Waals surface area contributed by atoms with Crippen molar-refractivity contribution >= 4 is 39.8 Å². The van der Waals surface area contributed by atoms with E-state index in [2.05, 4.69) is 15.4 Å². The first-order valence-corrected chi connectivity index (χ1v) is 18.2. The largest absolute Gasteiger partial charge is 0.457 e. The molecule has 5 atom stereocenters. The number of alkyl carbamates (subject to hydrolysis) is 1. The summed E-state index contributed by atoms with van der Waals surface area (Å²) in [7, 11) is -3.91. The number of ether oxygens (including phenoxy) is 2. The van der Waals surface area contributed by atoms with Gasteiger partial charge in [0.1, 0.15) is 29.3 Å². The molecule has 2 saturated carbocycles. The molecule has 1 aromatic carbocycles. The van der Waals surface area contributed by atoms with Crippen LogP contribution in [-0.4, -0.2) is 84.2 Å². The molecule has 3 N–H and O–H groups in total. The topological polar surface area (TPSA) is 201 Å². The Morgan fingerprint density at radius 1 is 1.06 bits per heavy atom. The van der Waals surface area contributed by atoms with Gasteiger partial charge in [0.05, 0.1) is 29.0 Å². The van der Waals surface area contributed by atoms with Crippen LogP contribution in [0.3, 0.4) is 0 Å². The molecule has 0 radical (unpaired) electrons. The number of benzene rings is 1. The summed E-state index contributed by atoms with van der Waals surface area (Å²) in [5.41, 5.74) is -1.85. The van der Waals surface area contributed by atoms with Gasteiger partial charge in [0.25, 0.3) is 5.91 Å². The van der Waals surface area contributed by atoms with Crippen molar-refractivity contribution in [2.24, 2.45) is 5.92 Å². The Balaban J connectivity index is 1.42. The molecule has 49 heavy (non-hydrogen) atoms. The number of esters is 1. The Kier molecular flexibility index (Phi) is 10.4. The maximum absolute atomic E-state index is 14.2. The fourth-order valence-electron chi connectivity index (χ4n) is 6.20. The van der Waals surface area contributed by atoms with Gasteiger partial charge >= 0.3 is 12.1 Å². The minimum atomic E-state index is -3.91. The molecule has 0 aromatic heterocycles. The molecule has 3 fully saturated rings. The Labute approximate surface area is 286 Å². The van der Waals surface area contributed by atoms with E-state index in [1.165, 1.54) is 29.2 Å². The first kappa shape index (κ1) is 35.8. The summed E-state index contributed by atoms with van der Waals surface area (Å²) >= 11 is 0. The monoisotopic (exact) mass is 697 g/mol. The van der Waals surface area contributed by atoms with Crippen LogP contribution in [0.1, 0.15) is 94.5 Å². The average Bonchev–Trinajstić information content (AvgIpc) is 3.95. The van der Waals surface area contributed by atoms with Gasteiger partial charge < -0.3 is 25.0 Å². The van der Waals surface area contributed by atoms with Gasteiger partial charge in [-0.2, -0.15) is 5.26 Å². The highest BCUT2D eigenvalue weighted by atomic mass is 32.2. The lowest BCUT2D eigenvalue weighted by Crippen LogP contribution is -2.58. The highest BCUT2D eigenvalue weighted by Crippen LogP contribution is 2.46. The Bertz CT molecular complexity index is 1660. The van der Waals surface area contributed by atoms with Crippen LogP contribution in [-0.2, 0) is 33.9 Å². The number of hydrogen-bond acceptors (Lipinski definition) is 10. The molecule has 2 heterocycles. The van der Waals surface area contributed by atoms with Crippen LogP contribution in [0, 0.1) is 17.2 Å². The number of hydrogen-bond donors (Lipinski definition) is 3.